The third-order valence-electron chi connectivity index (χ3n) is 7.99. The summed E-state index contributed by atoms with van der Waals surface area (Å²) in [7, 11) is 0. The minimum atomic E-state index is -0.828. The standard InChI is InChI=1S/C31H30N4O2/c32-30(33)23-16-15-22-17-29(31(36)34-27-14-6-10-21-8-2-4-13-26(21)27)35(37,28(22)18-23)19-24-11-5-9-20-7-1-3-12-25(20)24/h1-5,7-9,11-13,15-16,18,27,29H,6,10,14,17,19H2,(H3,32,33)(H,34,36)/t27-,29?,35?/m0/s1. The number of aryl methyl sites for hydroxylation is 1. The molecule has 186 valence electrons. The maximum absolute atomic E-state index is 14.9. The molecular formula is C31H30N4O2. The van der Waals surface area contributed by atoms with Crippen molar-refractivity contribution in [1.29, 1.82) is 5.41 Å². The Bertz CT molecular complexity index is 1530. The van der Waals surface area contributed by atoms with Crippen LogP contribution in [0.25, 0.3) is 10.8 Å². The number of amidine groups is 1. The number of amides is 1. The summed E-state index contributed by atoms with van der Waals surface area (Å²) >= 11 is 0. The maximum atomic E-state index is 14.9. The molecule has 6 nitrogen and oxygen atoms in total. The van der Waals surface area contributed by atoms with Gasteiger partial charge in [0.05, 0.1) is 6.04 Å². The van der Waals surface area contributed by atoms with Gasteiger partial charge in [0.25, 0.3) is 5.91 Å². The monoisotopic (exact) mass is 490 g/mol. The number of nitrogens with zero attached hydrogens (tertiary/aromatic N) is 1. The van der Waals surface area contributed by atoms with Crippen molar-refractivity contribution in [2.24, 2.45) is 5.73 Å². The topological polar surface area (TPSA) is 102 Å². The summed E-state index contributed by atoms with van der Waals surface area (Å²) in [5.41, 5.74) is 10.9. The van der Waals surface area contributed by atoms with E-state index in [0.29, 0.717) is 17.7 Å². The first kappa shape index (κ1) is 23.4. The summed E-state index contributed by atoms with van der Waals surface area (Å²) in [6.45, 7) is 0.120. The molecule has 6 heteroatoms. The maximum Gasteiger partial charge on any atom is 0.279 e. The Kier molecular flexibility index (Phi) is 5.78. The van der Waals surface area contributed by atoms with Crippen molar-refractivity contribution in [1.82, 2.24) is 9.96 Å². The van der Waals surface area contributed by atoms with Crippen LogP contribution in [0.4, 0.5) is 5.69 Å². The van der Waals surface area contributed by atoms with Gasteiger partial charge in [-0.25, -0.2) is 0 Å². The van der Waals surface area contributed by atoms with Gasteiger partial charge >= 0.3 is 0 Å². The van der Waals surface area contributed by atoms with Gasteiger partial charge in [-0.2, -0.15) is 0 Å². The lowest BCUT2D eigenvalue weighted by Crippen LogP contribution is -2.56. The molecule has 1 aliphatic carbocycles. The van der Waals surface area contributed by atoms with E-state index in [1.165, 1.54) is 5.56 Å². The van der Waals surface area contributed by atoms with Crippen LogP contribution < -0.4 is 15.7 Å². The Hall–Kier alpha value is -4.00. The number of carbonyl (C=O) groups is 1. The molecule has 0 saturated carbocycles. The molecule has 0 aromatic heterocycles. The fourth-order valence-electron chi connectivity index (χ4n) is 6.11. The minimum absolute atomic E-state index is 0.0915. The van der Waals surface area contributed by atoms with Crippen LogP contribution in [0.3, 0.4) is 0 Å². The van der Waals surface area contributed by atoms with Crippen molar-refractivity contribution in [3.05, 3.63) is 118 Å². The zero-order valence-corrected chi connectivity index (χ0v) is 20.6. The fourth-order valence-corrected chi connectivity index (χ4v) is 6.11. The third-order valence-corrected chi connectivity index (χ3v) is 7.99. The van der Waals surface area contributed by atoms with Crippen LogP contribution in [0.1, 0.15) is 46.7 Å². The SMILES string of the molecule is N=C(N)c1ccc2c(c1)[N+]([O-])(Cc1cccc3ccccc13)C(C(=O)N[C@H]1CCCc3ccccc31)C2. The number of hydrogen-bond donors (Lipinski definition) is 3. The summed E-state index contributed by atoms with van der Waals surface area (Å²) in [6.07, 6.45) is 3.22. The molecule has 37 heavy (non-hydrogen) atoms. The summed E-state index contributed by atoms with van der Waals surface area (Å²) < 4.78 is -0.801. The van der Waals surface area contributed by atoms with E-state index in [9.17, 15) is 10.0 Å². The average Bonchev–Trinajstić information content (AvgIpc) is 3.20. The number of rotatable bonds is 5. The van der Waals surface area contributed by atoms with Crippen molar-refractivity contribution in [2.45, 2.75) is 44.3 Å². The van der Waals surface area contributed by atoms with Gasteiger partial charge in [0.15, 0.2) is 6.04 Å². The van der Waals surface area contributed by atoms with Gasteiger partial charge in [-0.3, -0.25) is 10.2 Å². The van der Waals surface area contributed by atoms with Gasteiger partial charge in [0.1, 0.15) is 18.1 Å². The molecular weight excluding hydrogens is 460 g/mol. The van der Waals surface area contributed by atoms with Crippen LogP contribution in [0, 0.1) is 10.6 Å². The van der Waals surface area contributed by atoms with Crippen LogP contribution in [0.15, 0.2) is 84.9 Å². The molecule has 1 heterocycles. The highest BCUT2D eigenvalue weighted by Gasteiger charge is 2.46. The summed E-state index contributed by atoms with van der Waals surface area (Å²) in [6, 6.07) is 26.6. The largest absolute Gasteiger partial charge is 0.627 e. The number of carbonyl (C=O) groups excluding carboxylic acids is 1. The summed E-state index contributed by atoms with van der Waals surface area (Å²) in [4.78, 5) is 13.9. The molecule has 0 radical (unpaired) electrons. The van der Waals surface area contributed by atoms with Crippen molar-refractivity contribution < 1.29 is 4.79 Å². The molecule has 3 atom stereocenters. The van der Waals surface area contributed by atoms with Crippen LogP contribution in [-0.4, -0.2) is 17.8 Å². The highest BCUT2D eigenvalue weighted by molar-refractivity contribution is 5.97. The molecule has 1 aliphatic heterocycles. The van der Waals surface area contributed by atoms with E-state index >= 15 is 0 Å². The first-order chi connectivity index (χ1) is 17.9. The van der Waals surface area contributed by atoms with E-state index in [4.69, 9.17) is 11.1 Å². The van der Waals surface area contributed by atoms with Crippen LogP contribution in [0.2, 0.25) is 0 Å². The van der Waals surface area contributed by atoms with Crippen molar-refractivity contribution >= 4 is 28.2 Å². The number of fused-ring (bicyclic) bond motifs is 3. The smallest absolute Gasteiger partial charge is 0.279 e. The first-order valence-electron chi connectivity index (χ1n) is 12.9. The van der Waals surface area contributed by atoms with Gasteiger partial charge in [-0.1, -0.05) is 78.9 Å². The highest BCUT2D eigenvalue weighted by atomic mass is 16.6. The molecule has 6 rings (SSSR count). The zero-order valence-electron chi connectivity index (χ0n) is 20.6. The number of hydroxylamine groups is 2. The molecule has 2 unspecified atom stereocenters. The molecule has 4 N–H and O–H groups in total. The van der Waals surface area contributed by atoms with E-state index in [-0.39, 0.29) is 24.3 Å². The molecule has 0 saturated heterocycles. The zero-order chi connectivity index (χ0) is 25.6. The van der Waals surface area contributed by atoms with Gasteiger partial charge in [-0.15, -0.1) is 0 Å². The lowest BCUT2D eigenvalue weighted by molar-refractivity contribution is -0.125. The lowest BCUT2D eigenvalue weighted by Gasteiger charge is -2.44. The Labute approximate surface area is 216 Å². The van der Waals surface area contributed by atoms with E-state index in [1.807, 2.05) is 60.7 Å². The van der Waals surface area contributed by atoms with E-state index in [2.05, 4.69) is 17.4 Å². The number of nitrogens with one attached hydrogen (secondary N) is 2. The Balaban J connectivity index is 1.40. The summed E-state index contributed by atoms with van der Waals surface area (Å²) in [5, 5.41) is 28.2. The number of hydrogen-bond acceptors (Lipinski definition) is 3. The third kappa shape index (κ3) is 4.08. The molecule has 2 aliphatic rings. The predicted octanol–water partition coefficient (Wildman–Crippen LogP) is 5.25. The normalized spacial score (nSPS) is 22.3. The van der Waals surface area contributed by atoms with Crippen molar-refractivity contribution in [3.8, 4) is 0 Å². The van der Waals surface area contributed by atoms with Gasteiger partial charge in [-0.05, 0) is 41.2 Å². The first-order valence-corrected chi connectivity index (χ1v) is 12.9. The lowest BCUT2D eigenvalue weighted by atomic mass is 9.87. The Morgan fingerprint density at radius 3 is 2.65 bits per heavy atom. The quantitative estimate of drug-likeness (QED) is 0.154. The Morgan fingerprint density at radius 1 is 1.00 bits per heavy atom. The average molecular weight is 491 g/mol. The second-order valence-electron chi connectivity index (χ2n) is 10.2. The van der Waals surface area contributed by atoms with E-state index in [0.717, 1.165) is 46.7 Å². The minimum Gasteiger partial charge on any atom is -0.627 e. The number of nitrogens with two attached hydrogens (primary N) is 1. The molecule has 0 spiro atoms. The van der Waals surface area contributed by atoms with Gasteiger partial charge in [0, 0.05) is 29.2 Å². The van der Waals surface area contributed by atoms with Crippen LogP contribution in [0.5, 0.6) is 0 Å². The predicted molar refractivity (Wildman–Crippen MR) is 148 cm³/mol. The van der Waals surface area contributed by atoms with E-state index in [1.54, 1.807) is 12.1 Å². The highest BCUT2D eigenvalue weighted by Crippen LogP contribution is 2.42. The fraction of sp³-hybridized carbons (Fsp3) is 0.226. The number of quaternary nitrogens is 1. The van der Waals surface area contributed by atoms with E-state index < -0.39 is 10.7 Å². The molecule has 0 bridgehead atoms. The van der Waals surface area contributed by atoms with Crippen molar-refractivity contribution in [3.63, 3.8) is 0 Å². The molecule has 1 amide bonds. The molecule has 4 aromatic carbocycles. The molecule has 4 aromatic rings. The second-order valence-corrected chi connectivity index (χ2v) is 10.2. The van der Waals surface area contributed by atoms with Crippen LogP contribution >= 0.6 is 0 Å². The van der Waals surface area contributed by atoms with Crippen molar-refractivity contribution in [2.75, 3.05) is 0 Å². The van der Waals surface area contributed by atoms with Gasteiger partial charge in [0.2, 0.25) is 0 Å². The van der Waals surface area contributed by atoms with Crippen LogP contribution in [-0.2, 0) is 24.2 Å². The van der Waals surface area contributed by atoms with Gasteiger partial charge < -0.3 is 20.9 Å². The summed E-state index contributed by atoms with van der Waals surface area (Å²) in [5.74, 6) is -0.316. The Morgan fingerprint density at radius 2 is 1.78 bits per heavy atom. The second kappa shape index (κ2) is 9.14. The molecule has 0 fully saturated rings. The number of nitrogen functional groups attached to an aromatic ring is 1. The number of benzene rings is 4.